The highest BCUT2D eigenvalue weighted by Gasteiger charge is 2.30. The first kappa shape index (κ1) is 26.0. The standard InChI is InChI=1S/C28H31BrN2O2S/c1-3-30-28(33)26(17-22-10-5-4-6-11-22)31(18-23-13-15-25(29)16-14-23)27(32)20-34-19-24-12-8-7-9-21(24)2/h4-16,26H,3,17-20H2,1-2H3,(H,30,33). The highest BCUT2D eigenvalue weighted by molar-refractivity contribution is 9.10. The van der Waals surface area contributed by atoms with Crippen LogP contribution in [0.25, 0.3) is 0 Å². The number of carbonyl (C=O) groups is 2. The summed E-state index contributed by atoms with van der Waals surface area (Å²) >= 11 is 5.06. The van der Waals surface area contributed by atoms with Crippen LogP contribution in [0.4, 0.5) is 0 Å². The van der Waals surface area contributed by atoms with Crippen LogP contribution in [0, 0.1) is 6.92 Å². The average Bonchev–Trinajstić information content (AvgIpc) is 2.84. The first-order valence-corrected chi connectivity index (χ1v) is 13.4. The lowest BCUT2D eigenvalue weighted by molar-refractivity contribution is -0.139. The van der Waals surface area contributed by atoms with E-state index in [4.69, 9.17) is 0 Å². The maximum absolute atomic E-state index is 13.5. The number of nitrogens with zero attached hydrogens (tertiary/aromatic N) is 1. The van der Waals surface area contributed by atoms with Crippen molar-refractivity contribution in [1.82, 2.24) is 10.2 Å². The number of thioether (sulfide) groups is 1. The molecule has 0 bridgehead atoms. The minimum atomic E-state index is -0.586. The average molecular weight is 540 g/mol. The Hall–Kier alpha value is -2.57. The van der Waals surface area contributed by atoms with Crippen molar-refractivity contribution in [2.24, 2.45) is 0 Å². The fourth-order valence-corrected chi connectivity index (χ4v) is 4.99. The Kier molecular flexibility index (Phi) is 10.2. The Labute approximate surface area is 215 Å². The Morgan fingerprint density at radius 2 is 1.62 bits per heavy atom. The van der Waals surface area contributed by atoms with Crippen molar-refractivity contribution in [3.8, 4) is 0 Å². The Morgan fingerprint density at radius 3 is 2.29 bits per heavy atom. The first-order chi connectivity index (χ1) is 16.5. The van der Waals surface area contributed by atoms with E-state index in [0.717, 1.165) is 21.4 Å². The van der Waals surface area contributed by atoms with Gasteiger partial charge in [-0.2, -0.15) is 0 Å². The van der Waals surface area contributed by atoms with Crippen molar-refractivity contribution in [1.29, 1.82) is 0 Å². The van der Waals surface area contributed by atoms with Crippen molar-refractivity contribution in [3.63, 3.8) is 0 Å². The van der Waals surface area contributed by atoms with Crippen LogP contribution in [0.5, 0.6) is 0 Å². The van der Waals surface area contributed by atoms with E-state index in [-0.39, 0.29) is 11.8 Å². The summed E-state index contributed by atoms with van der Waals surface area (Å²) in [5.74, 6) is 0.916. The number of likely N-dealkylation sites (N-methyl/N-ethyl adjacent to an activating group) is 1. The van der Waals surface area contributed by atoms with Gasteiger partial charge in [0, 0.05) is 29.7 Å². The largest absolute Gasteiger partial charge is 0.355 e. The van der Waals surface area contributed by atoms with Crippen LogP contribution in [0.3, 0.4) is 0 Å². The lowest BCUT2D eigenvalue weighted by Crippen LogP contribution is -2.51. The predicted molar refractivity (Wildman–Crippen MR) is 145 cm³/mol. The van der Waals surface area contributed by atoms with Crippen molar-refractivity contribution in [2.75, 3.05) is 12.3 Å². The zero-order valence-corrected chi connectivity index (χ0v) is 22.1. The van der Waals surface area contributed by atoms with E-state index in [1.165, 1.54) is 11.1 Å². The SMILES string of the molecule is CCNC(=O)C(Cc1ccccc1)N(Cc1ccc(Br)cc1)C(=O)CSCc1ccccc1C. The van der Waals surface area contributed by atoms with Crippen LogP contribution < -0.4 is 5.32 Å². The number of rotatable bonds is 11. The Balaban J connectivity index is 1.82. The summed E-state index contributed by atoms with van der Waals surface area (Å²) in [4.78, 5) is 28.4. The van der Waals surface area contributed by atoms with Gasteiger partial charge in [-0.05, 0) is 48.2 Å². The van der Waals surface area contributed by atoms with Crippen LogP contribution in [-0.4, -0.2) is 35.1 Å². The topological polar surface area (TPSA) is 49.4 Å². The maximum Gasteiger partial charge on any atom is 0.243 e. The highest BCUT2D eigenvalue weighted by atomic mass is 79.9. The molecule has 0 aliphatic carbocycles. The van der Waals surface area contributed by atoms with E-state index in [0.29, 0.717) is 25.3 Å². The third kappa shape index (κ3) is 7.74. The second-order valence-corrected chi connectivity index (χ2v) is 10.1. The molecule has 1 atom stereocenters. The second kappa shape index (κ2) is 13.4. The van der Waals surface area contributed by atoms with E-state index in [1.54, 1.807) is 16.7 Å². The van der Waals surface area contributed by atoms with Gasteiger partial charge in [0.15, 0.2) is 0 Å². The van der Waals surface area contributed by atoms with Gasteiger partial charge < -0.3 is 10.2 Å². The van der Waals surface area contributed by atoms with Gasteiger partial charge in [0.1, 0.15) is 6.04 Å². The summed E-state index contributed by atoms with van der Waals surface area (Å²) < 4.78 is 0.979. The number of carbonyl (C=O) groups excluding carboxylic acids is 2. The number of aryl methyl sites for hydroxylation is 1. The maximum atomic E-state index is 13.5. The summed E-state index contributed by atoms with van der Waals surface area (Å²) in [6.07, 6.45) is 0.470. The van der Waals surface area contributed by atoms with Crippen LogP contribution >= 0.6 is 27.7 Å². The van der Waals surface area contributed by atoms with E-state index >= 15 is 0 Å². The molecule has 3 rings (SSSR count). The van der Waals surface area contributed by atoms with Crippen molar-refractivity contribution >= 4 is 39.5 Å². The van der Waals surface area contributed by atoms with Crippen LogP contribution in [-0.2, 0) is 28.3 Å². The Morgan fingerprint density at radius 1 is 0.941 bits per heavy atom. The molecule has 4 nitrogen and oxygen atoms in total. The van der Waals surface area contributed by atoms with E-state index in [9.17, 15) is 9.59 Å². The van der Waals surface area contributed by atoms with Gasteiger partial charge in [-0.15, -0.1) is 11.8 Å². The number of halogens is 1. The molecule has 0 fully saturated rings. The molecule has 178 valence electrons. The number of hydrogen-bond donors (Lipinski definition) is 1. The van der Waals surface area contributed by atoms with Crippen LogP contribution in [0.2, 0.25) is 0 Å². The van der Waals surface area contributed by atoms with E-state index in [1.807, 2.05) is 73.7 Å². The molecule has 0 aromatic heterocycles. The number of amides is 2. The molecular formula is C28H31BrN2O2S. The monoisotopic (exact) mass is 538 g/mol. The Bertz CT molecular complexity index is 1070. The molecule has 1 N–H and O–H groups in total. The summed E-state index contributed by atoms with van der Waals surface area (Å²) in [5, 5.41) is 2.94. The van der Waals surface area contributed by atoms with Crippen molar-refractivity contribution in [2.45, 2.75) is 38.6 Å². The normalized spacial score (nSPS) is 11.6. The molecule has 34 heavy (non-hydrogen) atoms. The molecular weight excluding hydrogens is 508 g/mol. The van der Waals surface area contributed by atoms with E-state index in [2.05, 4.69) is 40.3 Å². The number of hydrogen-bond acceptors (Lipinski definition) is 3. The van der Waals surface area contributed by atoms with Gasteiger partial charge in [-0.1, -0.05) is 82.7 Å². The van der Waals surface area contributed by atoms with Crippen LogP contribution in [0.15, 0.2) is 83.3 Å². The zero-order valence-electron chi connectivity index (χ0n) is 19.7. The smallest absolute Gasteiger partial charge is 0.243 e. The zero-order chi connectivity index (χ0) is 24.3. The summed E-state index contributed by atoms with van der Waals surface area (Å²) in [6, 6.07) is 25.4. The van der Waals surface area contributed by atoms with Gasteiger partial charge in [0.05, 0.1) is 5.75 Å². The van der Waals surface area contributed by atoms with Gasteiger partial charge in [-0.25, -0.2) is 0 Å². The number of nitrogens with one attached hydrogen (secondary N) is 1. The van der Waals surface area contributed by atoms with Crippen LogP contribution in [0.1, 0.15) is 29.2 Å². The summed E-state index contributed by atoms with van der Waals surface area (Å²) in [7, 11) is 0. The molecule has 0 aliphatic heterocycles. The second-order valence-electron chi connectivity index (χ2n) is 8.17. The molecule has 0 heterocycles. The molecule has 3 aromatic carbocycles. The predicted octanol–water partition coefficient (Wildman–Crippen LogP) is 5.77. The first-order valence-electron chi connectivity index (χ1n) is 11.5. The van der Waals surface area contributed by atoms with Crippen molar-refractivity contribution < 1.29 is 9.59 Å². The molecule has 6 heteroatoms. The summed E-state index contributed by atoms with van der Waals surface area (Å²) in [5.41, 5.74) is 4.46. The molecule has 0 saturated carbocycles. The van der Waals surface area contributed by atoms with Gasteiger partial charge >= 0.3 is 0 Å². The fourth-order valence-electron chi connectivity index (χ4n) is 3.74. The molecule has 0 radical (unpaired) electrons. The fraction of sp³-hybridized carbons (Fsp3) is 0.286. The third-order valence-electron chi connectivity index (χ3n) is 5.63. The quantitative estimate of drug-likeness (QED) is 0.337. The molecule has 0 aliphatic rings. The molecule has 3 aromatic rings. The molecule has 1 unspecified atom stereocenters. The van der Waals surface area contributed by atoms with Gasteiger partial charge in [-0.3, -0.25) is 9.59 Å². The minimum Gasteiger partial charge on any atom is -0.355 e. The molecule has 0 spiro atoms. The lowest BCUT2D eigenvalue weighted by Gasteiger charge is -2.31. The number of benzene rings is 3. The summed E-state index contributed by atoms with van der Waals surface area (Å²) in [6.45, 7) is 4.89. The van der Waals surface area contributed by atoms with Crippen molar-refractivity contribution in [3.05, 3.63) is 106 Å². The van der Waals surface area contributed by atoms with E-state index < -0.39 is 6.04 Å². The lowest BCUT2D eigenvalue weighted by atomic mass is 10.0. The molecule has 0 saturated heterocycles. The third-order valence-corrected chi connectivity index (χ3v) is 7.13. The van der Waals surface area contributed by atoms with Gasteiger partial charge in [0.2, 0.25) is 11.8 Å². The highest BCUT2D eigenvalue weighted by Crippen LogP contribution is 2.20. The molecule has 2 amide bonds. The van der Waals surface area contributed by atoms with Gasteiger partial charge in [0.25, 0.3) is 0 Å². The minimum absolute atomic E-state index is 0.0336.